The molecule has 1 N–H and O–H groups in total. The Morgan fingerprint density at radius 1 is 0.964 bits per heavy atom. The van der Waals surface area contributed by atoms with E-state index in [9.17, 15) is 22.0 Å². The van der Waals surface area contributed by atoms with E-state index in [-0.39, 0.29) is 16.3 Å². The van der Waals surface area contributed by atoms with Crippen LogP contribution in [0.5, 0.6) is 0 Å². The molecule has 1 amide bonds. The van der Waals surface area contributed by atoms with Crippen molar-refractivity contribution in [1.29, 1.82) is 0 Å². The monoisotopic (exact) mass is 428 g/mol. The summed E-state index contributed by atoms with van der Waals surface area (Å²) in [6.07, 6.45) is 3.28. The molecule has 1 saturated heterocycles. The zero-order chi connectivity index (χ0) is 20.3. The second-order valence-electron chi connectivity index (χ2n) is 6.55. The number of rotatable bonds is 4. The number of nitrogens with zero attached hydrogens (tertiary/aromatic N) is 1. The molecule has 1 fully saturated rings. The maximum Gasteiger partial charge on any atom is 0.255 e. The van der Waals surface area contributed by atoms with Crippen molar-refractivity contribution in [1.82, 2.24) is 4.31 Å². The number of sulfonamides is 1. The van der Waals surface area contributed by atoms with Crippen LogP contribution in [0, 0.1) is 11.6 Å². The van der Waals surface area contributed by atoms with E-state index in [4.69, 9.17) is 11.6 Å². The van der Waals surface area contributed by atoms with E-state index in [1.807, 2.05) is 0 Å². The van der Waals surface area contributed by atoms with Crippen LogP contribution in [0.15, 0.2) is 41.3 Å². The molecule has 0 unspecified atom stereocenters. The van der Waals surface area contributed by atoms with E-state index in [0.29, 0.717) is 25.9 Å². The summed E-state index contributed by atoms with van der Waals surface area (Å²) >= 11 is 5.69. The number of amides is 1. The number of benzene rings is 2. The predicted octanol–water partition coefficient (Wildman–Crippen LogP) is 4.44. The van der Waals surface area contributed by atoms with Crippen molar-refractivity contribution in [3.8, 4) is 0 Å². The van der Waals surface area contributed by atoms with Crippen molar-refractivity contribution in [2.75, 3.05) is 18.4 Å². The third kappa shape index (κ3) is 4.51. The summed E-state index contributed by atoms with van der Waals surface area (Å²) in [6.45, 7) is 0.651. The van der Waals surface area contributed by atoms with E-state index in [1.165, 1.54) is 22.5 Å². The van der Waals surface area contributed by atoms with Crippen molar-refractivity contribution in [2.45, 2.75) is 30.6 Å². The number of carbonyl (C=O) groups excluding carboxylic acids is 1. The summed E-state index contributed by atoms with van der Waals surface area (Å²) in [5.41, 5.74) is 0.202. The topological polar surface area (TPSA) is 66.5 Å². The molecule has 1 heterocycles. The second-order valence-corrected chi connectivity index (χ2v) is 8.86. The first-order chi connectivity index (χ1) is 13.3. The van der Waals surface area contributed by atoms with Crippen LogP contribution in [-0.4, -0.2) is 31.7 Å². The van der Waals surface area contributed by atoms with Gasteiger partial charge >= 0.3 is 0 Å². The largest absolute Gasteiger partial charge is 0.322 e. The van der Waals surface area contributed by atoms with Crippen LogP contribution in [0.4, 0.5) is 14.5 Å². The Labute approximate surface area is 167 Å². The Hall–Kier alpha value is -2.03. The van der Waals surface area contributed by atoms with Crippen molar-refractivity contribution in [2.24, 2.45) is 0 Å². The molecule has 3 rings (SSSR count). The lowest BCUT2D eigenvalue weighted by Crippen LogP contribution is -2.32. The Morgan fingerprint density at radius 2 is 1.61 bits per heavy atom. The Kier molecular flexibility index (Phi) is 6.32. The van der Waals surface area contributed by atoms with Gasteiger partial charge in [-0.1, -0.05) is 24.4 Å². The van der Waals surface area contributed by atoms with Gasteiger partial charge in [-0.05, 0) is 49.2 Å². The summed E-state index contributed by atoms with van der Waals surface area (Å²) in [7, 11) is -4.05. The fourth-order valence-electron chi connectivity index (χ4n) is 3.04. The van der Waals surface area contributed by atoms with E-state index in [2.05, 4.69) is 5.32 Å². The molecule has 9 heteroatoms. The second kappa shape index (κ2) is 8.55. The average Bonchev–Trinajstić information content (AvgIpc) is 2.95. The molecule has 0 radical (unpaired) electrons. The van der Waals surface area contributed by atoms with Gasteiger partial charge in [0, 0.05) is 24.3 Å². The molecule has 28 heavy (non-hydrogen) atoms. The summed E-state index contributed by atoms with van der Waals surface area (Å²) in [4.78, 5) is 11.9. The van der Waals surface area contributed by atoms with E-state index in [0.717, 1.165) is 31.0 Å². The molecule has 1 aliphatic heterocycles. The molecule has 1 aliphatic rings. The molecule has 0 aliphatic carbocycles. The molecule has 0 atom stereocenters. The molecule has 0 aromatic heterocycles. The van der Waals surface area contributed by atoms with Crippen LogP contribution in [-0.2, 0) is 10.0 Å². The van der Waals surface area contributed by atoms with E-state index < -0.39 is 32.5 Å². The zero-order valence-corrected chi connectivity index (χ0v) is 16.5. The van der Waals surface area contributed by atoms with Crippen molar-refractivity contribution in [3.05, 3.63) is 58.6 Å². The normalized spacial score (nSPS) is 15.8. The highest BCUT2D eigenvalue weighted by Crippen LogP contribution is 2.25. The molecule has 2 aromatic carbocycles. The van der Waals surface area contributed by atoms with Gasteiger partial charge in [0.2, 0.25) is 10.0 Å². The quantitative estimate of drug-likeness (QED) is 0.783. The first kappa shape index (κ1) is 20.7. The molecule has 0 spiro atoms. The van der Waals surface area contributed by atoms with Crippen LogP contribution in [0.2, 0.25) is 5.02 Å². The lowest BCUT2D eigenvalue weighted by Gasteiger charge is -2.20. The minimum Gasteiger partial charge on any atom is -0.322 e. The molecule has 150 valence electrons. The van der Waals surface area contributed by atoms with Gasteiger partial charge in [-0.15, -0.1) is 0 Å². The maximum absolute atomic E-state index is 14.3. The van der Waals surface area contributed by atoms with Gasteiger partial charge in [-0.25, -0.2) is 17.2 Å². The Bertz CT molecular complexity index is 991. The van der Waals surface area contributed by atoms with Gasteiger partial charge < -0.3 is 5.32 Å². The SMILES string of the molecule is O=C(Nc1ccc(F)c(Cl)c1)c1ccc(F)c(S(=O)(=O)N2CCCCCC2)c1. The van der Waals surface area contributed by atoms with Gasteiger partial charge in [0.05, 0.1) is 5.02 Å². The fourth-order valence-corrected chi connectivity index (χ4v) is 4.83. The van der Waals surface area contributed by atoms with Gasteiger partial charge in [0.1, 0.15) is 16.5 Å². The van der Waals surface area contributed by atoms with Crippen molar-refractivity contribution in [3.63, 3.8) is 0 Å². The van der Waals surface area contributed by atoms with Gasteiger partial charge in [-0.2, -0.15) is 4.31 Å². The zero-order valence-electron chi connectivity index (χ0n) is 14.9. The lowest BCUT2D eigenvalue weighted by atomic mass is 10.2. The lowest BCUT2D eigenvalue weighted by molar-refractivity contribution is 0.102. The smallest absolute Gasteiger partial charge is 0.255 e. The standard InChI is InChI=1S/C19H19ClF2N2O3S/c20-15-12-14(6-8-16(15)21)23-19(25)13-5-7-17(22)18(11-13)28(26,27)24-9-3-1-2-4-10-24/h5-8,11-12H,1-4,9-10H2,(H,23,25). The summed E-state index contributed by atoms with van der Waals surface area (Å²) in [5, 5.41) is 2.33. The number of anilines is 1. The van der Waals surface area contributed by atoms with Crippen molar-refractivity contribution >= 4 is 33.2 Å². The molecule has 0 saturated carbocycles. The first-order valence-electron chi connectivity index (χ1n) is 8.85. The Balaban J connectivity index is 1.87. The third-order valence-electron chi connectivity index (χ3n) is 4.55. The Morgan fingerprint density at radius 3 is 2.25 bits per heavy atom. The van der Waals surface area contributed by atoms with Crippen LogP contribution >= 0.6 is 11.6 Å². The van der Waals surface area contributed by atoms with Gasteiger partial charge in [0.15, 0.2) is 0 Å². The molecule has 2 aromatic rings. The minimum absolute atomic E-state index is 0.0322. The van der Waals surface area contributed by atoms with Gasteiger partial charge in [0.25, 0.3) is 5.91 Å². The van der Waals surface area contributed by atoms with E-state index in [1.54, 1.807) is 0 Å². The number of halogens is 3. The number of hydrogen-bond donors (Lipinski definition) is 1. The summed E-state index contributed by atoms with van der Waals surface area (Å²) in [5.74, 6) is -2.20. The molecule has 0 bridgehead atoms. The minimum atomic E-state index is -4.05. The summed E-state index contributed by atoms with van der Waals surface area (Å²) in [6, 6.07) is 6.81. The first-order valence-corrected chi connectivity index (χ1v) is 10.7. The summed E-state index contributed by atoms with van der Waals surface area (Å²) < 4.78 is 54.6. The highest BCUT2D eigenvalue weighted by atomic mass is 35.5. The van der Waals surface area contributed by atoms with E-state index >= 15 is 0 Å². The fraction of sp³-hybridized carbons (Fsp3) is 0.316. The third-order valence-corrected chi connectivity index (χ3v) is 6.76. The number of nitrogens with one attached hydrogen (secondary N) is 1. The highest BCUT2D eigenvalue weighted by Gasteiger charge is 2.29. The predicted molar refractivity (Wildman–Crippen MR) is 103 cm³/mol. The number of hydrogen-bond acceptors (Lipinski definition) is 3. The van der Waals surface area contributed by atoms with Crippen molar-refractivity contribution < 1.29 is 22.0 Å². The highest BCUT2D eigenvalue weighted by molar-refractivity contribution is 7.89. The molecule has 5 nitrogen and oxygen atoms in total. The number of carbonyl (C=O) groups is 1. The van der Waals surface area contributed by atoms with Crippen LogP contribution in [0.25, 0.3) is 0 Å². The average molecular weight is 429 g/mol. The maximum atomic E-state index is 14.3. The van der Waals surface area contributed by atoms with Crippen LogP contribution in [0.3, 0.4) is 0 Å². The molecular weight excluding hydrogens is 410 g/mol. The molecular formula is C19H19ClF2N2O3S. The van der Waals surface area contributed by atoms with Gasteiger partial charge in [-0.3, -0.25) is 4.79 Å². The van der Waals surface area contributed by atoms with Crippen LogP contribution < -0.4 is 5.32 Å². The van der Waals surface area contributed by atoms with Crippen LogP contribution in [0.1, 0.15) is 36.0 Å².